The van der Waals surface area contributed by atoms with Crippen molar-refractivity contribution in [2.24, 2.45) is 0 Å². The number of esters is 1. The van der Waals surface area contributed by atoms with Crippen LogP contribution in [-0.4, -0.2) is 27.9 Å². The van der Waals surface area contributed by atoms with Gasteiger partial charge < -0.3 is 13.8 Å². The van der Waals surface area contributed by atoms with Gasteiger partial charge in [0, 0.05) is 5.56 Å². The van der Waals surface area contributed by atoms with Crippen molar-refractivity contribution in [1.82, 2.24) is 15.3 Å². The van der Waals surface area contributed by atoms with Crippen molar-refractivity contribution in [1.29, 1.82) is 0 Å². The van der Waals surface area contributed by atoms with E-state index in [0.29, 0.717) is 18.9 Å². The van der Waals surface area contributed by atoms with Crippen LogP contribution in [0.1, 0.15) is 43.7 Å². The first-order valence-electron chi connectivity index (χ1n) is 6.35. The Morgan fingerprint density at radius 1 is 1.40 bits per heavy atom. The lowest BCUT2D eigenvalue weighted by atomic mass is 9.94. The van der Waals surface area contributed by atoms with Crippen molar-refractivity contribution in [2.75, 3.05) is 6.61 Å². The molecule has 2 rings (SSSR count). The van der Waals surface area contributed by atoms with Gasteiger partial charge in [-0.25, -0.2) is 0 Å². The van der Waals surface area contributed by atoms with E-state index in [9.17, 15) is 4.79 Å². The molecule has 2 aromatic rings. The number of carbonyl (C=O) groups excluding carboxylic acids is 1. The predicted octanol–water partition coefficient (Wildman–Crippen LogP) is 1.80. The summed E-state index contributed by atoms with van der Waals surface area (Å²) < 4.78 is 15.0. The second-order valence-corrected chi connectivity index (χ2v) is 4.98. The van der Waals surface area contributed by atoms with Crippen LogP contribution in [0.25, 0.3) is 0 Å². The fourth-order valence-corrected chi connectivity index (χ4v) is 1.61. The molecule has 0 amide bonds. The van der Waals surface area contributed by atoms with Crippen LogP contribution in [0.5, 0.6) is 0 Å². The Bertz CT molecular complexity index is 600. The molecular formula is C13H17N3O4. The average molecular weight is 279 g/mol. The topological polar surface area (TPSA) is 91.2 Å². The molecule has 0 aliphatic rings. The molecule has 0 saturated carbocycles. The zero-order valence-electron chi connectivity index (χ0n) is 12.0. The quantitative estimate of drug-likeness (QED) is 0.770. The predicted molar refractivity (Wildman–Crippen MR) is 68.0 cm³/mol. The van der Waals surface area contributed by atoms with E-state index in [1.54, 1.807) is 27.0 Å². The summed E-state index contributed by atoms with van der Waals surface area (Å²) in [5.41, 5.74) is 0.687. The molecular weight excluding hydrogens is 262 g/mol. The molecule has 2 aromatic heterocycles. The molecule has 20 heavy (non-hydrogen) atoms. The van der Waals surface area contributed by atoms with Crippen LogP contribution in [0.4, 0.5) is 0 Å². The van der Waals surface area contributed by atoms with E-state index in [2.05, 4.69) is 15.3 Å². The second-order valence-electron chi connectivity index (χ2n) is 4.98. The third-order valence-corrected chi connectivity index (χ3v) is 2.96. The van der Waals surface area contributed by atoms with Gasteiger partial charge in [0.2, 0.25) is 5.89 Å². The molecule has 108 valence electrons. The minimum Gasteiger partial charge on any atom is -0.465 e. The largest absolute Gasteiger partial charge is 0.465 e. The number of nitrogens with zero attached hydrogens (tertiary/aromatic N) is 3. The lowest BCUT2D eigenvalue weighted by Crippen LogP contribution is -2.31. The Labute approximate surface area is 116 Å². The van der Waals surface area contributed by atoms with Gasteiger partial charge >= 0.3 is 5.97 Å². The number of hydrogen-bond acceptors (Lipinski definition) is 7. The van der Waals surface area contributed by atoms with Gasteiger partial charge in [0.25, 0.3) is 0 Å². The first kappa shape index (κ1) is 14.2. The van der Waals surface area contributed by atoms with E-state index in [1.165, 1.54) is 0 Å². The Balaban J connectivity index is 2.16. The standard InChI is InChI=1S/C13H17N3O4/c1-5-18-12(17)13(3,4)11-14-10(16-20-11)6-9-8(2)7-19-15-9/h7H,5-6H2,1-4H3. The molecule has 0 spiro atoms. The van der Waals surface area contributed by atoms with E-state index in [1.807, 2.05) is 6.92 Å². The third-order valence-electron chi connectivity index (χ3n) is 2.96. The minimum absolute atomic E-state index is 0.229. The fraction of sp³-hybridized carbons (Fsp3) is 0.538. The Hall–Kier alpha value is -2.18. The summed E-state index contributed by atoms with van der Waals surface area (Å²) in [5.74, 6) is 0.286. The maximum atomic E-state index is 11.9. The molecule has 0 N–H and O–H groups in total. The van der Waals surface area contributed by atoms with Crippen molar-refractivity contribution >= 4 is 5.97 Å². The van der Waals surface area contributed by atoms with Gasteiger partial charge in [-0.3, -0.25) is 4.79 Å². The highest BCUT2D eigenvalue weighted by atomic mass is 16.5. The molecule has 0 aliphatic heterocycles. The van der Waals surface area contributed by atoms with Gasteiger partial charge in [-0.15, -0.1) is 0 Å². The third kappa shape index (κ3) is 2.71. The van der Waals surface area contributed by atoms with Gasteiger partial charge in [0.05, 0.1) is 18.7 Å². The zero-order valence-corrected chi connectivity index (χ0v) is 12.0. The van der Waals surface area contributed by atoms with Crippen LogP contribution in [0.15, 0.2) is 15.3 Å². The normalized spacial score (nSPS) is 11.6. The highest BCUT2D eigenvalue weighted by Crippen LogP contribution is 2.23. The number of aromatic nitrogens is 3. The molecule has 7 heteroatoms. The smallest absolute Gasteiger partial charge is 0.321 e. The highest BCUT2D eigenvalue weighted by Gasteiger charge is 2.37. The second kappa shape index (κ2) is 5.44. The Morgan fingerprint density at radius 3 is 2.75 bits per heavy atom. The molecule has 0 bridgehead atoms. The molecule has 0 fully saturated rings. The number of ether oxygens (including phenoxy) is 1. The van der Waals surface area contributed by atoms with E-state index in [0.717, 1.165) is 11.3 Å². The molecule has 0 saturated heterocycles. The summed E-state index contributed by atoms with van der Waals surface area (Å²) in [6.45, 7) is 7.31. The van der Waals surface area contributed by atoms with E-state index in [-0.39, 0.29) is 5.89 Å². The van der Waals surface area contributed by atoms with E-state index < -0.39 is 11.4 Å². The molecule has 0 aliphatic carbocycles. The van der Waals surface area contributed by atoms with Crippen LogP contribution < -0.4 is 0 Å². The molecule has 0 radical (unpaired) electrons. The zero-order chi connectivity index (χ0) is 14.8. The molecule has 0 unspecified atom stereocenters. The number of hydrogen-bond donors (Lipinski definition) is 0. The van der Waals surface area contributed by atoms with Gasteiger partial charge in [0.15, 0.2) is 5.82 Å². The maximum Gasteiger partial charge on any atom is 0.321 e. The fourth-order valence-electron chi connectivity index (χ4n) is 1.61. The molecule has 0 atom stereocenters. The van der Waals surface area contributed by atoms with E-state index >= 15 is 0 Å². The van der Waals surface area contributed by atoms with Crippen molar-refractivity contribution in [2.45, 2.75) is 39.5 Å². The summed E-state index contributed by atoms with van der Waals surface area (Å²) in [5, 5.41) is 7.72. The lowest BCUT2D eigenvalue weighted by Gasteiger charge is -2.16. The van der Waals surface area contributed by atoms with Gasteiger partial charge in [-0.2, -0.15) is 4.98 Å². The first-order chi connectivity index (χ1) is 9.45. The number of carbonyl (C=O) groups is 1. The highest BCUT2D eigenvalue weighted by molar-refractivity contribution is 5.80. The maximum absolute atomic E-state index is 11.9. The number of rotatable bonds is 5. The van der Waals surface area contributed by atoms with Crippen LogP contribution in [0.3, 0.4) is 0 Å². The van der Waals surface area contributed by atoms with Crippen LogP contribution in [0, 0.1) is 6.92 Å². The first-order valence-corrected chi connectivity index (χ1v) is 6.35. The van der Waals surface area contributed by atoms with Crippen LogP contribution in [0.2, 0.25) is 0 Å². The summed E-state index contributed by atoms with van der Waals surface area (Å²) in [4.78, 5) is 16.1. The van der Waals surface area contributed by atoms with Crippen molar-refractivity contribution in [3.05, 3.63) is 29.2 Å². The average Bonchev–Trinajstić information content (AvgIpc) is 3.01. The molecule has 0 aromatic carbocycles. The van der Waals surface area contributed by atoms with Crippen molar-refractivity contribution < 1.29 is 18.6 Å². The number of aryl methyl sites for hydroxylation is 1. The van der Waals surface area contributed by atoms with Crippen LogP contribution >= 0.6 is 0 Å². The van der Waals surface area contributed by atoms with Gasteiger partial charge in [0.1, 0.15) is 11.7 Å². The Kier molecular flexibility index (Phi) is 3.87. The van der Waals surface area contributed by atoms with Crippen LogP contribution in [-0.2, 0) is 21.4 Å². The molecule has 7 nitrogen and oxygen atoms in total. The lowest BCUT2D eigenvalue weighted by molar-refractivity contribution is -0.149. The summed E-state index contributed by atoms with van der Waals surface area (Å²) in [6, 6.07) is 0. The Morgan fingerprint density at radius 2 is 2.15 bits per heavy atom. The summed E-state index contributed by atoms with van der Waals surface area (Å²) >= 11 is 0. The minimum atomic E-state index is -0.972. The van der Waals surface area contributed by atoms with Gasteiger partial charge in [-0.1, -0.05) is 10.3 Å². The summed E-state index contributed by atoms with van der Waals surface area (Å²) in [7, 11) is 0. The van der Waals surface area contributed by atoms with Crippen molar-refractivity contribution in [3.8, 4) is 0 Å². The summed E-state index contributed by atoms with van der Waals surface area (Å²) in [6.07, 6.45) is 1.95. The van der Waals surface area contributed by atoms with Gasteiger partial charge in [-0.05, 0) is 27.7 Å². The monoisotopic (exact) mass is 279 g/mol. The SMILES string of the molecule is CCOC(=O)C(C)(C)c1nc(Cc2nocc2C)no1. The van der Waals surface area contributed by atoms with Crippen molar-refractivity contribution in [3.63, 3.8) is 0 Å². The molecule has 2 heterocycles. The van der Waals surface area contributed by atoms with E-state index in [4.69, 9.17) is 13.8 Å².